The van der Waals surface area contributed by atoms with E-state index in [1.165, 1.54) is 21.7 Å². The summed E-state index contributed by atoms with van der Waals surface area (Å²) in [5.74, 6) is 0. The molecule has 1 aromatic carbocycles. The second-order valence-electron chi connectivity index (χ2n) is 4.64. The highest BCUT2D eigenvalue weighted by molar-refractivity contribution is 7.89. The van der Waals surface area contributed by atoms with E-state index in [0.29, 0.717) is 5.69 Å². The molecule has 0 saturated heterocycles. The van der Waals surface area contributed by atoms with Crippen LogP contribution in [0.5, 0.6) is 0 Å². The van der Waals surface area contributed by atoms with Crippen molar-refractivity contribution in [3.05, 3.63) is 39.8 Å². The van der Waals surface area contributed by atoms with E-state index < -0.39 is 10.0 Å². The first-order valence-corrected chi connectivity index (χ1v) is 8.36. The Morgan fingerprint density at radius 3 is 2.60 bits per heavy atom. The van der Waals surface area contributed by atoms with Gasteiger partial charge in [-0.1, -0.05) is 0 Å². The van der Waals surface area contributed by atoms with Crippen molar-refractivity contribution in [2.45, 2.75) is 25.3 Å². The number of aromatic nitrogens is 1. The smallest absolute Gasteiger partial charge is 0.243 e. The van der Waals surface area contributed by atoms with E-state index in [9.17, 15) is 8.42 Å². The van der Waals surface area contributed by atoms with Crippen LogP contribution in [0, 0.1) is 13.8 Å². The number of thiazole rings is 1. The fraction of sp³-hybridized carbons (Fsp3) is 0.308. The minimum Gasteiger partial charge on any atom is -0.399 e. The lowest BCUT2D eigenvalue weighted by atomic mass is 10.2. The van der Waals surface area contributed by atoms with Gasteiger partial charge in [0.1, 0.15) is 0 Å². The summed E-state index contributed by atoms with van der Waals surface area (Å²) >= 11 is 1.51. The normalized spacial score (nSPS) is 12.0. The van der Waals surface area contributed by atoms with Gasteiger partial charge >= 0.3 is 0 Å². The molecule has 0 aliphatic rings. The van der Waals surface area contributed by atoms with Gasteiger partial charge < -0.3 is 5.73 Å². The molecule has 108 valence electrons. The third-order valence-corrected chi connectivity index (χ3v) is 5.62. The minimum absolute atomic E-state index is 0.249. The maximum absolute atomic E-state index is 12.5. The summed E-state index contributed by atoms with van der Waals surface area (Å²) in [6.07, 6.45) is 0. The summed E-state index contributed by atoms with van der Waals surface area (Å²) in [5, 5.41) is 2.80. The Morgan fingerprint density at radius 1 is 1.35 bits per heavy atom. The Bertz CT molecular complexity index is 723. The number of benzene rings is 1. The molecule has 2 rings (SSSR count). The number of nitrogen functional groups attached to an aromatic ring is 1. The number of aryl methyl sites for hydroxylation is 2. The third-order valence-electron chi connectivity index (χ3n) is 3.00. The molecule has 0 fully saturated rings. The fourth-order valence-corrected chi connectivity index (χ4v) is 3.61. The highest BCUT2D eigenvalue weighted by Crippen LogP contribution is 2.21. The summed E-state index contributed by atoms with van der Waals surface area (Å²) in [6, 6.07) is 4.73. The zero-order valence-corrected chi connectivity index (χ0v) is 13.3. The summed E-state index contributed by atoms with van der Waals surface area (Å²) in [6.45, 7) is 3.94. The van der Waals surface area contributed by atoms with Crippen molar-refractivity contribution < 1.29 is 8.42 Å². The van der Waals surface area contributed by atoms with Gasteiger partial charge in [-0.2, -0.15) is 4.31 Å². The molecule has 0 spiro atoms. The second kappa shape index (κ2) is 5.51. The van der Waals surface area contributed by atoms with Crippen LogP contribution in [0.25, 0.3) is 0 Å². The van der Waals surface area contributed by atoms with Gasteiger partial charge in [0, 0.05) is 18.1 Å². The summed E-state index contributed by atoms with van der Waals surface area (Å²) in [7, 11) is -1.97. The summed E-state index contributed by atoms with van der Waals surface area (Å²) in [5.41, 5.74) is 7.81. The maximum atomic E-state index is 12.5. The number of nitrogens with zero attached hydrogens (tertiary/aromatic N) is 2. The number of anilines is 1. The molecule has 1 heterocycles. The van der Waals surface area contributed by atoms with Gasteiger partial charge in [-0.25, -0.2) is 13.4 Å². The lowest BCUT2D eigenvalue weighted by Gasteiger charge is -2.16. The fourth-order valence-electron chi connectivity index (χ4n) is 1.78. The first kappa shape index (κ1) is 15.0. The molecular weight excluding hydrogens is 294 g/mol. The molecule has 0 aliphatic heterocycles. The number of hydrogen-bond donors (Lipinski definition) is 1. The van der Waals surface area contributed by atoms with Gasteiger partial charge in [0.15, 0.2) is 0 Å². The van der Waals surface area contributed by atoms with E-state index in [2.05, 4.69) is 4.98 Å². The van der Waals surface area contributed by atoms with E-state index in [1.807, 2.05) is 12.3 Å². The molecule has 2 aromatic rings. The third kappa shape index (κ3) is 3.00. The van der Waals surface area contributed by atoms with Gasteiger partial charge in [0.25, 0.3) is 0 Å². The highest BCUT2D eigenvalue weighted by atomic mass is 32.2. The molecule has 0 saturated carbocycles. The molecule has 0 atom stereocenters. The molecule has 1 aromatic heterocycles. The molecule has 0 amide bonds. The predicted octanol–water partition coefficient (Wildman–Crippen LogP) is 2.16. The molecule has 0 bridgehead atoms. The Hall–Kier alpha value is -1.44. The largest absolute Gasteiger partial charge is 0.399 e. The number of rotatable bonds is 4. The highest BCUT2D eigenvalue weighted by Gasteiger charge is 2.22. The lowest BCUT2D eigenvalue weighted by molar-refractivity contribution is 0.463. The first-order chi connectivity index (χ1) is 9.30. The number of sulfonamides is 1. The van der Waals surface area contributed by atoms with Crippen LogP contribution in [0.15, 0.2) is 28.5 Å². The van der Waals surface area contributed by atoms with Crippen LogP contribution in [0.4, 0.5) is 5.69 Å². The summed E-state index contributed by atoms with van der Waals surface area (Å²) in [4.78, 5) is 4.53. The van der Waals surface area contributed by atoms with Crippen molar-refractivity contribution in [2.24, 2.45) is 0 Å². The Morgan fingerprint density at radius 2 is 2.05 bits per heavy atom. The zero-order chi connectivity index (χ0) is 14.9. The van der Waals surface area contributed by atoms with Crippen molar-refractivity contribution in [2.75, 3.05) is 12.8 Å². The topological polar surface area (TPSA) is 76.3 Å². The average molecular weight is 311 g/mol. The molecule has 5 nitrogen and oxygen atoms in total. The molecule has 0 aliphatic carbocycles. The van der Waals surface area contributed by atoms with Crippen LogP contribution in [0.3, 0.4) is 0 Å². The van der Waals surface area contributed by atoms with E-state index >= 15 is 0 Å². The van der Waals surface area contributed by atoms with Crippen LogP contribution in [-0.4, -0.2) is 24.8 Å². The van der Waals surface area contributed by atoms with Gasteiger partial charge in [0.05, 0.1) is 22.1 Å². The monoisotopic (exact) mass is 311 g/mol. The van der Waals surface area contributed by atoms with E-state index in [-0.39, 0.29) is 11.4 Å². The van der Waals surface area contributed by atoms with Gasteiger partial charge in [0.2, 0.25) is 10.0 Å². The molecule has 7 heteroatoms. The lowest BCUT2D eigenvalue weighted by Crippen LogP contribution is -2.26. The van der Waals surface area contributed by atoms with Crippen LogP contribution in [-0.2, 0) is 16.6 Å². The molecule has 0 unspecified atom stereocenters. The Kier molecular flexibility index (Phi) is 4.12. The van der Waals surface area contributed by atoms with Crippen LogP contribution < -0.4 is 5.73 Å². The standard InChI is InChI=1S/C13H17N3O2S2/c1-9-6-12(4-5-13(9)14)20(17,18)16(3)7-11-8-19-10(2)15-11/h4-6,8H,7,14H2,1-3H3. The predicted molar refractivity (Wildman–Crippen MR) is 81.1 cm³/mol. The quantitative estimate of drug-likeness (QED) is 0.878. The minimum atomic E-state index is -3.52. The van der Waals surface area contributed by atoms with Crippen molar-refractivity contribution in [3.63, 3.8) is 0 Å². The van der Waals surface area contributed by atoms with Crippen LogP contribution >= 0.6 is 11.3 Å². The maximum Gasteiger partial charge on any atom is 0.243 e. The molecule has 20 heavy (non-hydrogen) atoms. The van der Waals surface area contributed by atoms with Gasteiger partial charge in [-0.3, -0.25) is 0 Å². The van der Waals surface area contributed by atoms with Crippen molar-refractivity contribution in [3.8, 4) is 0 Å². The van der Waals surface area contributed by atoms with Crippen LogP contribution in [0.1, 0.15) is 16.3 Å². The van der Waals surface area contributed by atoms with E-state index in [1.54, 1.807) is 26.1 Å². The number of hydrogen-bond acceptors (Lipinski definition) is 5. The van der Waals surface area contributed by atoms with Gasteiger partial charge in [-0.05, 0) is 37.6 Å². The summed E-state index contributed by atoms with van der Waals surface area (Å²) < 4.78 is 26.2. The van der Waals surface area contributed by atoms with Crippen molar-refractivity contribution >= 4 is 27.0 Å². The number of nitrogens with two attached hydrogens (primary N) is 1. The second-order valence-corrected chi connectivity index (χ2v) is 7.74. The molecule has 0 radical (unpaired) electrons. The molecular formula is C13H17N3O2S2. The first-order valence-electron chi connectivity index (χ1n) is 6.04. The Labute approximate surface area is 123 Å². The van der Waals surface area contributed by atoms with Gasteiger partial charge in [-0.15, -0.1) is 11.3 Å². The van der Waals surface area contributed by atoms with Crippen molar-refractivity contribution in [1.82, 2.24) is 9.29 Å². The zero-order valence-electron chi connectivity index (χ0n) is 11.6. The Balaban J connectivity index is 2.27. The van der Waals surface area contributed by atoms with Crippen molar-refractivity contribution in [1.29, 1.82) is 0 Å². The average Bonchev–Trinajstić information content (AvgIpc) is 2.78. The van der Waals surface area contributed by atoms with Crippen LogP contribution in [0.2, 0.25) is 0 Å². The SMILES string of the molecule is Cc1nc(CN(C)S(=O)(=O)c2ccc(N)c(C)c2)cs1. The van der Waals surface area contributed by atoms with E-state index in [0.717, 1.165) is 16.3 Å². The molecule has 2 N–H and O–H groups in total. The van der Waals surface area contributed by atoms with E-state index in [4.69, 9.17) is 5.73 Å².